The molecule has 0 radical (unpaired) electrons. The maximum Gasteiger partial charge on any atom is 0.240 e. The highest BCUT2D eigenvalue weighted by Crippen LogP contribution is 2.29. The lowest BCUT2D eigenvalue weighted by Crippen LogP contribution is -2.42. The van der Waals surface area contributed by atoms with Crippen molar-refractivity contribution in [1.82, 2.24) is 5.43 Å². The van der Waals surface area contributed by atoms with Crippen molar-refractivity contribution in [3.8, 4) is 0 Å². The first kappa shape index (κ1) is 13.9. The second-order valence-corrected chi connectivity index (χ2v) is 6.20. The lowest BCUT2D eigenvalue weighted by molar-refractivity contribution is -0.128. The summed E-state index contributed by atoms with van der Waals surface area (Å²) in [6.07, 6.45) is 0. The topological polar surface area (TPSA) is 55.1 Å². The minimum atomic E-state index is -0.481. The average molecular weight is 274 g/mol. The van der Waals surface area contributed by atoms with E-state index in [4.69, 9.17) is 5.84 Å². The van der Waals surface area contributed by atoms with Gasteiger partial charge < -0.3 is 0 Å². The lowest BCUT2D eigenvalue weighted by atomic mass is 9.96. The van der Waals surface area contributed by atoms with E-state index >= 15 is 0 Å². The van der Waals surface area contributed by atoms with E-state index in [0.29, 0.717) is 5.75 Å². The third kappa shape index (κ3) is 3.28. The molecular weight excluding hydrogens is 256 g/mol. The van der Waals surface area contributed by atoms with Gasteiger partial charge in [0.05, 0.1) is 5.41 Å². The Morgan fingerprint density at radius 3 is 2.58 bits per heavy atom. The quantitative estimate of drug-likeness (QED) is 0.390. The third-order valence-corrected chi connectivity index (χ3v) is 4.52. The van der Waals surface area contributed by atoms with Crippen molar-refractivity contribution < 1.29 is 4.79 Å². The maximum absolute atomic E-state index is 11.6. The fourth-order valence-electron chi connectivity index (χ4n) is 1.78. The monoisotopic (exact) mass is 274 g/mol. The SMILES string of the molecule is CC(C)(CSc1ccc2ccccc2c1)C(=O)NN. The molecule has 0 saturated carbocycles. The van der Waals surface area contributed by atoms with Gasteiger partial charge in [0.2, 0.25) is 5.91 Å². The van der Waals surface area contributed by atoms with E-state index in [0.717, 1.165) is 4.90 Å². The highest BCUT2D eigenvalue weighted by molar-refractivity contribution is 7.99. The van der Waals surface area contributed by atoms with Gasteiger partial charge in [0.1, 0.15) is 0 Å². The molecule has 2 aromatic carbocycles. The zero-order valence-corrected chi connectivity index (χ0v) is 12.0. The van der Waals surface area contributed by atoms with Gasteiger partial charge in [-0.3, -0.25) is 10.2 Å². The Morgan fingerprint density at radius 2 is 1.89 bits per heavy atom. The standard InChI is InChI=1S/C15H18N2OS/c1-15(2,14(18)17-16)10-19-13-8-7-11-5-3-4-6-12(11)9-13/h3-9H,10,16H2,1-2H3,(H,17,18). The number of fused-ring (bicyclic) bond motifs is 1. The van der Waals surface area contributed by atoms with Gasteiger partial charge >= 0.3 is 0 Å². The van der Waals surface area contributed by atoms with Crippen LogP contribution in [-0.2, 0) is 4.79 Å². The number of hydrazine groups is 1. The van der Waals surface area contributed by atoms with Crippen LogP contribution < -0.4 is 11.3 Å². The summed E-state index contributed by atoms with van der Waals surface area (Å²) in [6.45, 7) is 3.78. The Kier molecular flexibility index (Phi) is 4.12. The largest absolute Gasteiger partial charge is 0.294 e. The van der Waals surface area contributed by atoms with Crippen molar-refractivity contribution in [2.45, 2.75) is 18.7 Å². The molecule has 4 heteroatoms. The number of benzene rings is 2. The molecule has 3 nitrogen and oxygen atoms in total. The van der Waals surface area contributed by atoms with Crippen molar-refractivity contribution in [3.05, 3.63) is 42.5 Å². The van der Waals surface area contributed by atoms with Crippen molar-refractivity contribution >= 4 is 28.4 Å². The summed E-state index contributed by atoms with van der Waals surface area (Å²) < 4.78 is 0. The minimum Gasteiger partial charge on any atom is -0.294 e. The van der Waals surface area contributed by atoms with Gasteiger partial charge in [-0.25, -0.2) is 5.84 Å². The van der Waals surface area contributed by atoms with E-state index in [-0.39, 0.29) is 5.91 Å². The van der Waals surface area contributed by atoms with Crippen LogP contribution in [0.3, 0.4) is 0 Å². The van der Waals surface area contributed by atoms with Gasteiger partial charge in [0.15, 0.2) is 0 Å². The number of hydrogen-bond donors (Lipinski definition) is 2. The molecule has 0 aliphatic rings. The zero-order valence-electron chi connectivity index (χ0n) is 11.1. The predicted octanol–water partition coefficient (Wildman–Crippen LogP) is 2.95. The maximum atomic E-state index is 11.6. The van der Waals surface area contributed by atoms with Gasteiger partial charge in [-0.2, -0.15) is 0 Å². The predicted molar refractivity (Wildman–Crippen MR) is 80.8 cm³/mol. The fourth-order valence-corrected chi connectivity index (χ4v) is 2.82. The summed E-state index contributed by atoms with van der Waals surface area (Å²) in [5.74, 6) is 5.74. The average Bonchev–Trinajstić information content (AvgIpc) is 2.44. The Bertz CT molecular complexity index is 595. The molecule has 0 saturated heterocycles. The van der Waals surface area contributed by atoms with Crippen molar-refractivity contribution in [2.75, 3.05) is 5.75 Å². The molecule has 1 amide bonds. The molecule has 0 aliphatic heterocycles. The van der Waals surface area contributed by atoms with Crippen LogP contribution in [0.4, 0.5) is 0 Å². The van der Waals surface area contributed by atoms with Crippen LogP contribution >= 0.6 is 11.8 Å². The first-order chi connectivity index (χ1) is 9.03. The van der Waals surface area contributed by atoms with Crippen molar-refractivity contribution in [3.63, 3.8) is 0 Å². The molecule has 0 atom stereocenters. The summed E-state index contributed by atoms with van der Waals surface area (Å²) >= 11 is 1.67. The Morgan fingerprint density at radius 1 is 1.21 bits per heavy atom. The minimum absolute atomic E-state index is 0.138. The smallest absolute Gasteiger partial charge is 0.240 e. The molecule has 0 unspecified atom stereocenters. The molecule has 100 valence electrons. The van der Waals surface area contributed by atoms with Gasteiger partial charge in [0.25, 0.3) is 0 Å². The van der Waals surface area contributed by atoms with Crippen molar-refractivity contribution in [2.24, 2.45) is 11.3 Å². The highest BCUT2D eigenvalue weighted by Gasteiger charge is 2.26. The molecule has 0 fully saturated rings. The molecule has 19 heavy (non-hydrogen) atoms. The van der Waals surface area contributed by atoms with Crippen LogP contribution in [0.15, 0.2) is 47.4 Å². The van der Waals surface area contributed by atoms with Gasteiger partial charge in [-0.15, -0.1) is 11.8 Å². The summed E-state index contributed by atoms with van der Waals surface area (Å²) in [7, 11) is 0. The van der Waals surface area contributed by atoms with Crippen LogP contribution in [0.2, 0.25) is 0 Å². The van der Waals surface area contributed by atoms with E-state index in [1.165, 1.54) is 10.8 Å². The summed E-state index contributed by atoms with van der Waals surface area (Å²) in [6, 6.07) is 14.6. The van der Waals surface area contributed by atoms with E-state index in [1.54, 1.807) is 11.8 Å². The molecule has 0 aromatic heterocycles. The second kappa shape index (κ2) is 5.63. The lowest BCUT2D eigenvalue weighted by Gasteiger charge is -2.21. The summed E-state index contributed by atoms with van der Waals surface area (Å²) in [5, 5.41) is 2.44. The van der Waals surface area contributed by atoms with E-state index in [9.17, 15) is 4.79 Å². The van der Waals surface area contributed by atoms with Crippen LogP contribution in [0.1, 0.15) is 13.8 Å². The molecule has 2 aromatic rings. The van der Waals surface area contributed by atoms with E-state index in [2.05, 4.69) is 35.8 Å². The normalized spacial score (nSPS) is 11.5. The first-order valence-corrected chi connectivity index (χ1v) is 7.14. The summed E-state index contributed by atoms with van der Waals surface area (Å²) in [5.41, 5.74) is 1.74. The second-order valence-electron chi connectivity index (χ2n) is 5.15. The van der Waals surface area contributed by atoms with Crippen LogP contribution in [0.5, 0.6) is 0 Å². The number of rotatable bonds is 4. The molecule has 0 aliphatic carbocycles. The zero-order chi connectivity index (χ0) is 13.9. The number of nitrogens with one attached hydrogen (secondary N) is 1. The molecule has 0 spiro atoms. The van der Waals surface area contributed by atoms with E-state index < -0.39 is 5.41 Å². The number of carbonyl (C=O) groups is 1. The van der Waals surface area contributed by atoms with Crippen LogP contribution in [0.25, 0.3) is 10.8 Å². The van der Waals surface area contributed by atoms with E-state index in [1.807, 2.05) is 26.0 Å². The van der Waals surface area contributed by atoms with Crippen LogP contribution in [0, 0.1) is 5.41 Å². The molecule has 0 bridgehead atoms. The molecule has 2 rings (SSSR count). The van der Waals surface area contributed by atoms with Crippen LogP contribution in [-0.4, -0.2) is 11.7 Å². The molecule has 0 heterocycles. The van der Waals surface area contributed by atoms with Gasteiger partial charge in [0, 0.05) is 10.6 Å². The molecule has 3 N–H and O–H groups in total. The van der Waals surface area contributed by atoms with Gasteiger partial charge in [-0.1, -0.05) is 44.2 Å². The number of nitrogens with two attached hydrogens (primary N) is 1. The Labute approximate surface area is 117 Å². The van der Waals surface area contributed by atoms with Gasteiger partial charge in [-0.05, 0) is 22.9 Å². The number of amides is 1. The summed E-state index contributed by atoms with van der Waals surface area (Å²) in [4.78, 5) is 12.8. The highest BCUT2D eigenvalue weighted by atomic mass is 32.2. The number of thioether (sulfide) groups is 1. The Hall–Kier alpha value is -1.52. The number of carbonyl (C=O) groups excluding carboxylic acids is 1. The third-order valence-electron chi connectivity index (χ3n) is 3.07. The molecular formula is C15H18N2OS. The first-order valence-electron chi connectivity index (χ1n) is 6.15. The number of hydrogen-bond acceptors (Lipinski definition) is 3. The fraction of sp³-hybridized carbons (Fsp3) is 0.267. The van der Waals surface area contributed by atoms with Crippen molar-refractivity contribution in [1.29, 1.82) is 0 Å². The Balaban J connectivity index is 2.12.